The number of anilines is 1. The molecule has 1 aliphatic rings. The van der Waals surface area contributed by atoms with Crippen LogP contribution in [0.15, 0.2) is 30.5 Å². The third-order valence-electron chi connectivity index (χ3n) is 4.54. The number of morpholine rings is 1. The highest BCUT2D eigenvalue weighted by Gasteiger charge is 2.31. The van der Waals surface area contributed by atoms with Gasteiger partial charge in [0.1, 0.15) is 4.88 Å². The number of nitrogens with zero attached hydrogens (tertiary/aromatic N) is 3. The molecule has 28 heavy (non-hydrogen) atoms. The SMILES string of the molecule is CCc1ncc(C(=O)N(CCN2CCOCC2)c2cccc(C(F)(F)F)c2)s1. The second kappa shape index (κ2) is 9.02. The first kappa shape index (κ1) is 20.8. The van der Waals surface area contributed by atoms with Crippen molar-refractivity contribution in [2.45, 2.75) is 19.5 Å². The molecule has 1 amide bonds. The van der Waals surface area contributed by atoms with Gasteiger partial charge < -0.3 is 9.64 Å². The molecule has 0 unspecified atom stereocenters. The number of carbonyl (C=O) groups is 1. The molecule has 1 aliphatic heterocycles. The molecule has 5 nitrogen and oxygen atoms in total. The quantitative estimate of drug-likeness (QED) is 0.725. The minimum Gasteiger partial charge on any atom is -0.379 e. The Balaban J connectivity index is 1.86. The number of hydrogen-bond donors (Lipinski definition) is 0. The highest BCUT2D eigenvalue weighted by Crippen LogP contribution is 2.32. The van der Waals surface area contributed by atoms with Crippen LogP contribution in [-0.2, 0) is 17.3 Å². The lowest BCUT2D eigenvalue weighted by Gasteiger charge is -2.30. The Kier molecular flexibility index (Phi) is 6.69. The minimum atomic E-state index is -4.46. The van der Waals surface area contributed by atoms with Gasteiger partial charge in [-0.3, -0.25) is 9.69 Å². The zero-order chi connectivity index (χ0) is 20.1. The second-order valence-electron chi connectivity index (χ2n) is 6.43. The molecule has 0 spiro atoms. The third kappa shape index (κ3) is 5.09. The van der Waals surface area contributed by atoms with E-state index < -0.39 is 11.7 Å². The van der Waals surface area contributed by atoms with Crippen molar-refractivity contribution in [1.82, 2.24) is 9.88 Å². The van der Waals surface area contributed by atoms with Crippen molar-refractivity contribution in [3.05, 3.63) is 45.9 Å². The van der Waals surface area contributed by atoms with Gasteiger partial charge in [0.05, 0.1) is 30.0 Å². The first-order valence-corrected chi connectivity index (χ1v) is 9.94. The highest BCUT2D eigenvalue weighted by atomic mass is 32.1. The van der Waals surface area contributed by atoms with E-state index in [-0.39, 0.29) is 11.6 Å². The van der Waals surface area contributed by atoms with Crippen molar-refractivity contribution in [1.29, 1.82) is 0 Å². The second-order valence-corrected chi connectivity index (χ2v) is 7.55. The molecule has 1 fully saturated rings. The van der Waals surface area contributed by atoms with Crippen LogP contribution in [0, 0.1) is 0 Å². The van der Waals surface area contributed by atoms with E-state index in [0.717, 1.165) is 30.2 Å². The largest absolute Gasteiger partial charge is 0.416 e. The predicted octanol–water partition coefficient (Wildman–Crippen LogP) is 3.70. The lowest BCUT2D eigenvalue weighted by atomic mass is 10.1. The van der Waals surface area contributed by atoms with E-state index >= 15 is 0 Å². The third-order valence-corrected chi connectivity index (χ3v) is 5.67. The summed E-state index contributed by atoms with van der Waals surface area (Å²) < 4.78 is 44.8. The monoisotopic (exact) mass is 413 g/mol. The number of benzene rings is 1. The minimum absolute atomic E-state index is 0.236. The summed E-state index contributed by atoms with van der Waals surface area (Å²) in [4.78, 5) is 21.3. The molecule has 0 radical (unpaired) electrons. The number of hydrogen-bond acceptors (Lipinski definition) is 5. The number of aromatic nitrogens is 1. The van der Waals surface area contributed by atoms with E-state index in [9.17, 15) is 18.0 Å². The molecular formula is C19H22F3N3O2S. The van der Waals surface area contributed by atoms with E-state index in [1.54, 1.807) is 0 Å². The van der Waals surface area contributed by atoms with Crippen LogP contribution >= 0.6 is 11.3 Å². The summed E-state index contributed by atoms with van der Waals surface area (Å²) in [6.07, 6.45) is -2.26. The lowest BCUT2D eigenvalue weighted by Crippen LogP contribution is -2.43. The molecule has 1 aromatic heterocycles. The van der Waals surface area contributed by atoms with Crippen LogP contribution in [-0.4, -0.2) is 55.2 Å². The van der Waals surface area contributed by atoms with Gasteiger partial charge >= 0.3 is 6.18 Å². The molecule has 1 saturated heterocycles. The van der Waals surface area contributed by atoms with Gasteiger partial charge in [-0.15, -0.1) is 11.3 Å². The van der Waals surface area contributed by atoms with Gasteiger partial charge in [0.25, 0.3) is 5.91 Å². The van der Waals surface area contributed by atoms with Crippen molar-refractivity contribution < 1.29 is 22.7 Å². The molecule has 0 atom stereocenters. The van der Waals surface area contributed by atoms with Crippen LogP contribution in [0.2, 0.25) is 0 Å². The summed E-state index contributed by atoms with van der Waals surface area (Å²) in [6.45, 7) is 5.51. The van der Waals surface area contributed by atoms with E-state index in [4.69, 9.17) is 4.74 Å². The molecule has 1 aromatic carbocycles. The Hall–Kier alpha value is -1.97. The van der Waals surface area contributed by atoms with Crippen LogP contribution in [0.25, 0.3) is 0 Å². The number of rotatable bonds is 6. The van der Waals surface area contributed by atoms with Crippen LogP contribution in [0.1, 0.15) is 27.2 Å². The van der Waals surface area contributed by atoms with Gasteiger partial charge in [0.2, 0.25) is 0 Å². The van der Waals surface area contributed by atoms with E-state index in [0.29, 0.717) is 37.6 Å². The molecule has 2 heterocycles. The van der Waals surface area contributed by atoms with Crippen LogP contribution < -0.4 is 4.90 Å². The molecule has 9 heteroatoms. The topological polar surface area (TPSA) is 45.7 Å². The summed E-state index contributed by atoms with van der Waals surface area (Å²) >= 11 is 1.28. The molecule has 0 aliphatic carbocycles. The molecule has 3 rings (SSSR count). The molecule has 0 saturated carbocycles. The van der Waals surface area contributed by atoms with Gasteiger partial charge in [0, 0.05) is 31.9 Å². The zero-order valence-corrected chi connectivity index (χ0v) is 16.4. The average molecular weight is 413 g/mol. The van der Waals surface area contributed by atoms with Crippen LogP contribution in [0.5, 0.6) is 0 Å². The smallest absolute Gasteiger partial charge is 0.379 e. The van der Waals surface area contributed by atoms with Gasteiger partial charge in [-0.25, -0.2) is 4.98 Å². The van der Waals surface area contributed by atoms with Crippen molar-refractivity contribution >= 4 is 22.9 Å². The van der Waals surface area contributed by atoms with Crippen molar-refractivity contribution in [3.63, 3.8) is 0 Å². The Morgan fingerprint density at radius 1 is 1.32 bits per heavy atom. The zero-order valence-electron chi connectivity index (χ0n) is 15.5. The number of alkyl halides is 3. The fourth-order valence-electron chi connectivity index (χ4n) is 2.97. The fourth-order valence-corrected chi connectivity index (χ4v) is 3.78. The van der Waals surface area contributed by atoms with Crippen molar-refractivity contribution in [2.75, 3.05) is 44.3 Å². The lowest BCUT2D eigenvalue weighted by molar-refractivity contribution is -0.137. The number of ether oxygens (including phenoxy) is 1. The molecule has 0 N–H and O–H groups in total. The van der Waals surface area contributed by atoms with Gasteiger partial charge in [0.15, 0.2) is 0 Å². The first-order chi connectivity index (χ1) is 13.4. The van der Waals surface area contributed by atoms with E-state index in [1.165, 1.54) is 34.6 Å². The normalized spacial score (nSPS) is 15.6. The Labute approximate surface area is 165 Å². The van der Waals surface area contributed by atoms with Crippen molar-refractivity contribution in [3.8, 4) is 0 Å². The van der Waals surface area contributed by atoms with Gasteiger partial charge in [-0.2, -0.15) is 13.2 Å². The van der Waals surface area contributed by atoms with E-state index in [2.05, 4.69) is 9.88 Å². The number of thiazole rings is 1. The molecular weight excluding hydrogens is 391 g/mol. The Morgan fingerprint density at radius 3 is 2.71 bits per heavy atom. The molecule has 0 bridgehead atoms. The standard InChI is InChI=1S/C19H22F3N3O2S/c1-2-17-23-13-16(28-17)18(26)25(7-6-24-8-10-27-11-9-24)15-5-3-4-14(12-15)19(20,21)22/h3-5,12-13H,2,6-11H2,1H3. The summed E-state index contributed by atoms with van der Waals surface area (Å²) in [6, 6.07) is 4.90. The number of halogens is 3. The summed E-state index contributed by atoms with van der Waals surface area (Å²) in [5, 5.41) is 0.820. The first-order valence-electron chi connectivity index (χ1n) is 9.12. The van der Waals surface area contributed by atoms with Crippen LogP contribution in [0.4, 0.5) is 18.9 Å². The predicted molar refractivity (Wildman–Crippen MR) is 102 cm³/mol. The van der Waals surface area contributed by atoms with E-state index in [1.807, 2.05) is 6.92 Å². The summed E-state index contributed by atoms with van der Waals surface area (Å²) in [5.74, 6) is -0.329. The molecule has 152 valence electrons. The maximum atomic E-state index is 13.1. The van der Waals surface area contributed by atoms with Crippen molar-refractivity contribution in [2.24, 2.45) is 0 Å². The number of amides is 1. The number of aryl methyl sites for hydroxylation is 1. The number of carbonyl (C=O) groups excluding carboxylic acids is 1. The van der Waals surface area contributed by atoms with Gasteiger partial charge in [-0.05, 0) is 24.6 Å². The Bertz CT molecular complexity index is 804. The highest BCUT2D eigenvalue weighted by molar-refractivity contribution is 7.13. The summed E-state index contributed by atoms with van der Waals surface area (Å²) in [7, 11) is 0. The maximum Gasteiger partial charge on any atom is 0.416 e. The van der Waals surface area contributed by atoms with Gasteiger partial charge in [-0.1, -0.05) is 13.0 Å². The Morgan fingerprint density at radius 2 is 2.07 bits per heavy atom. The molecule has 2 aromatic rings. The summed E-state index contributed by atoms with van der Waals surface area (Å²) in [5.41, 5.74) is -0.535. The fraction of sp³-hybridized carbons (Fsp3) is 0.474. The van der Waals surface area contributed by atoms with Crippen LogP contribution in [0.3, 0.4) is 0 Å². The average Bonchev–Trinajstić information content (AvgIpc) is 3.18. The maximum absolute atomic E-state index is 13.1.